The SMILES string of the molecule is O=C(NN=Cc1ccc(C(F)(F)F)cc1)c1cccc([N+](=O)[O-])c1. The van der Waals surface area contributed by atoms with Gasteiger partial charge in [-0.2, -0.15) is 18.3 Å². The van der Waals surface area contributed by atoms with Crippen LogP contribution in [0.4, 0.5) is 18.9 Å². The molecular weight excluding hydrogens is 327 g/mol. The summed E-state index contributed by atoms with van der Waals surface area (Å²) in [5.74, 6) is -0.679. The molecule has 0 saturated carbocycles. The predicted octanol–water partition coefficient (Wildman–Crippen LogP) is 3.38. The molecule has 0 bridgehead atoms. The summed E-state index contributed by atoms with van der Waals surface area (Å²) in [6, 6.07) is 9.24. The molecule has 1 N–H and O–H groups in total. The average molecular weight is 337 g/mol. The molecule has 0 saturated heterocycles. The van der Waals surface area contributed by atoms with Gasteiger partial charge < -0.3 is 0 Å². The molecule has 24 heavy (non-hydrogen) atoms. The van der Waals surface area contributed by atoms with Crippen LogP contribution in [0.3, 0.4) is 0 Å². The zero-order valence-corrected chi connectivity index (χ0v) is 11.9. The molecule has 0 unspecified atom stereocenters. The lowest BCUT2D eigenvalue weighted by Crippen LogP contribution is -2.17. The smallest absolute Gasteiger partial charge is 0.267 e. The first-order valence-corrected chi connectivity index (χ1v) is 6.52. The van der Waals surface area contributed by atoms with Gasteiger partial charge in [-0.05, 0) is 23.8 Å². The Labute approximate surface area is 133 Å². The molecule has 0 fully saturated rings. The maximum atomic E-state index is 12.4. The molecule has 0 aliphatic carbocycles. The van der Waals surface area contributed by atoms with Gasteiger partial charge >= 0.3 is 6.18 Å². The number of nitro benzene ring substituents is 1. The molecule has 0 aliphatic heterocycles. The number of rotatable bonds is 4. The predicted molar refractivity (Wildman–Crippen MR) is 79.6 cm³/mol. The molecule has 2 aromatic rings. The number of nitro groups is 1. The minimum atomic E-state index is -4.42. The van der Waals surface area contributed by atoms with E-state index in [2.05, 4.69) is 10.5 Å². The molecule has 9 heteroatoms. The number of carbonyl (C=O) groups is 1. The fraction of sp³-hybridized carbons (Fsp3) is 0.0667. The number of hydrogen-bond donors (Lipinski definition) is 1. The highest BCUT2D eigenvalue weighted by Gasteiger charge is 2.29. The Morgan fingerprint density at radius 1 is 1.17 bits per heavy atom. The number of nitrogens with zero attached hydrogens (tertiary/aromatic N) is 2. The Kier molecular flexibility index (Phi) is 4.93. The minimum absolute atomic E-state index is 0.0359. The van der Waals surface area contributed by atoms with Crippen LogP contribution < -0.4 is 5.43 Å². The van der Waals surface area contributed by atoms with Crippen molar-refractivity contribution in [3.63, 3.8) is 0 Å². The van der Waals surface area contributed by atoms with Crippen LogP contribution in [0.15, 0.2) is 53.6 Å². The molecule has 0 spiro atoms. The number of hydrogen-bond acceptors (Lipinski definition) is 4. The fourth-order valence-electron chi connectivity index (χ4n) is 1.75. The van der Waals surface area contributed by atoms with Gasteiger partial charge in [-0.15, -0.1) is 0 Å². The van der Waals surface area contributed by atoms with Crippen molar-refractivity contribution in [3.8, 4) is 0 Å². The largest absolute Gasteiger partial charge is 0.416 e. The summed E-state index contributed by atoms with van der Waals surface area (Å²) in [7, 11) is 0. The Morgan fingerprint density at radius 2 is 1.83 bits per heavy atom. The molecule has 0 aromatic heterocycles. The lowest BCUT2D eigenvalue weighted by Gasteiger charge is -2.05. The van der Waals surface area contributed by atoms with Crippen LogP contribution >= 0.6 is 0 Å². The molecule has 0 heterocycles. The maximum Gasteiger partial charge on any atom is 0.416 e. The molecule has 2 rings (SSSR count). The standard InChI is InChI=1S/C15H10F3N3O3/c16-15(17,18)12-6-4-10(5-7-12)9-19-20-14(22)11-2-1-3-13(8-11)21(23)24/h1-9H,(H,20,22). The molecule has 124 valence electrons. The van der Waals surface area contributed by atoms with Crippen molar-refractivity contribution in [1.82, 2.24) is 5.43 Å². The van der Waals surface area contributed by atoms with Crippen LogP contribution in [0.5, 0.6) is 0 Å². The monoisotopic (exact) mass is 337 g/mol. The second kappa shape index (κ2) is 6.90. The van der Waals surface area contributed by atoms with E-state index in [0.29, 0.717) is 5.56 Å². The number of carbonyl (C=O) groups excluding carboxylic acids is 1. The molecule has 6 nitrogen and oxygen atoms in total. The van der Waals surface area contributed by atoms with Crippen LogP contribution in [0.25, 0.3) is 0 Å². The van der Waals surface area contributed by atoms with Crippen LogP contribution in [-0.4, -0.2) is 17.0 Å². The fourth-order valence-corrected chi connectivity index (χ4v) is 1.75. The quantitative estimate of drug-likeness (QED) is 0.527. The Hall–Kier alpha value is -3.23. The summed E-state index contributed by atoms with van der Waals surface area (Å²) in [6.07, 6.45) is -3.26. The minimum Gasteiger partial charge on any atom is -0.267 e. The van der Waals surface area contributed by atoms with Gasteiger partial charge in [0.25, 0.3) is 11.6 Å². The zero-order chi connectivity index (χ0) is 17.7. The van der Waals surface area contributed by atoms with Gasteiger partial charge in [0.2, 0.25) is 0 Å². The van der Waals surface area contributed by atoms with Gasteiger partial charge in [0.1, 0.15) is 0 Å². The second-order valence-corrected chi connectivity index (χ2v) is 4.63. The molecule has 0 aliphatic rings. The molecule has 0 atom stereocenters. The van der Waals surface area contributed by atoms with E-state index in [1.165, 1.54) is 30.3 Å². The van der Waals surface area contributed by atoms with Gasteiger partial charge in [0, 0.05) is 17.7 Å². The number of nitrogens with one attached hydrogen (secondary N) is 1. The first-order chi connectivity index (χ1) is 11.3. The molecule has 2 aromatic carbocycles. The van der Waals surface area contributed by atoms with E-state index < -0.39 is 22.6 Å². The summed E-state index contributed by atoms with van der Waals surface area (Å²) >= 11 is 0. The van der Waals surface area contributed by atoms with E-state index in [9.17, 15) is 28.1 Å². The van der Waals surface area contributed by atoms with Crippen molar-refractivity contribution in [3.05, 3.63) is 75.3 Å². The lowest BCUT2D eigenvalue weighted by atomic mass is 10.1. The normalized spacial score (nSPS) is 11.5. The van der Waals surface area contributed by atoms with Crippen molar-refractivity contribution in [1.29, 1.82) is 0 Å². The van der Waals surface area contributed by atoms with Crippen LogP contribution in [0.1, 0.15) is 21.5 Å². The van der Waals surface area contributed by atoms with Crippen molar-refractivity contribution < 1.29 is 22.9 Å². The molecular formula is C15H10F3N3O3. The highest BCUT2D eigenvalue weighted by Crippen LogP contribution is 2.28. The number of non-ortho nitro benzene ring substituents is 1. The highest BCUT2D eigenvalue weighted by molar-refractivity contribution is 5.95. The van der Waals surface area contributed by atoms with E-state index in [0.717, 1.165) is 24.4 Å². The third-order valence-corrected chi connectivity index (χ3v) is 2.94. The Morgan fingerprint density at radius 3 is 2.42 bits per heavy atom. The maximum absolute atomic E-state index is 12.4. The number of hydrazone groups is 1. The van der Waals surface area contributed by atoms with Crippen LogP contribution in [0.2, 0.25) is 0 Å². The van der Waals surface area contributed by atoms with Crippen LogP contribution in [-0.2, 0) is 6.18 Å². The topological polar surface area (TPSA) is 84.6 Å². The second-order valence-electron chi connectivity index (χ2n) is 4.63. The lowest BCUT2D eigenvalue weighted by molar-refractivity contribution is -0.384. The van der Waals surface area contributed by atoms with Gasteiger partial charge in [-0.25, -0.2) is 5.43 Å². The summed E-state index contributed by atoms with van der Waals surface area (Å²) in [5.41, 5.74) is 1.50. The van der Waals surface area contributed by atoms with Crippen molar-refractivity contribution >= 4 is 17.8 Å². The van der Waals surface area contributed by atoms with Crippen molar-refractivity contribution in [2.45, 2.75) is 6.18 Å². The zero-order valence-electron chi connectivity index (χ0n) is 11.9. The first-order valence-electron chi connectivity index (χ1n) is 6.52. The first kappa shape index (κ1) is 17.1. The Balaban J connectivity index is 2.02. The Bertz CT molecular complexity index is 787. The number of amides is 1. The summed E-state index contributed by atoms with van der Waals surface area (Å²) in [6.45, 7) is 0. The van der Waals surface area contributed by atoms with E-state index in [4.69, 9.17) is 0 Å². The third-order valence-electron chi connectivity index (χ3n) is 2.94. The van der Waals surface area contributed by atoms with Crippen LogP contribution in [0, 0.1) is 10.1 Å². The number of alkyl halides is 3. The highest BCUT2D eigenvalue weighted by atomic mass is 19.4. The molecule has 0 radical (unpaired) electrons. The summed E-state index contributed by atoms with van der Waals surface area (Å²) < 4.78 is 37.2. The van der Waals surface area contributed by atoms with E-state index in [1.807, 2.05) is 0 Å². The van der Waals surface area contributed by atoms with Gasteiger partial charge in [0.15, 0.2) is 0 Å². The van der Waals surface area contributed by atoms with Crippen molar-refractivity contribution in [2.24, 2.45) is 5.10 Å². The van der Waals surface area contributed by atoms with E-state index in [1.54, 1.807) is 0 Å². The van der Waals surface area contributed by atoms with E-state index in [-0.39, 0.29) is 11.3 Å². The van der Waals surface area contributed by atoms with Crippen molar-refractivity contribution in [2.75, 3.05) is 0 Å². The number of halogens is 3. The summed E-state index contributed by atoms with van der Waals surface area (Å²) in [4.78, 5) is 21.8. The average Bonchev–Trinajstić information content (AvgIpc) is 2.54. The third kappa shape index (κ3) is 4.38. The van der Waals surface area contributed by atoms with Gasteiger partial charge in [-0.1, -0.05) is 18.2 Å². The molecule has 1 amide bonds. The van der Waals surface area contributed by atoms with Gasteiger partial charge in [-0.3, -0.25) is 14.9 Å². The van der Waals surface area contributed by atoms with E-state index >= 15 is 0 Å². The number of benzene rings is 2. The summed E-state index contributed by atoms with van der Waals surface area (Å²) in [5, 5.41) is 14.2. The van der Waals surface area contributed by atoms with Gasteiger partial charge in [0.05, 0.1) is 16.7 Å².